The highest BCUT2D eigenvalue weighted by molar-refractivity contribution is 5.76. The van der Waals surface area contributed by atoms with Crippen molar-refractivity contribution >= 4 is 22.8 Å². The molecule has 1 aliphatic heterocycles. The highest BCUT2D eigenvalue weighted by Crippen LogP contribution is 2.35. The first-order valence-electron chi connectivity index (χ1n) is 9.07. The van der Waals surface area contributed by atoms with Gasteiger partial charge in [-0.05, 0) is 12.0 Å². The summed E-state index contributed by atoms with van der Waals surface area (Å²) in [4.78, 5) is 25.9. The van der Waals surface area contributed by atoms with Gasteiger partial charge in [-0.25, -0.2) is 23.5 Å². The summed E-state index contributed by atoms with van der Waals surface area (Å²) in [6, 6.07) is 1.50. The molecule has 27 heavy (non-hydrogen) atoms. The zero-order chi connectivity index (χ0) is 19.2. The number of hydrogen-bond donors (Lipinski definition) is 2. The number of imidazole rings is 1. The molecule has 4 rings (SSSR count). The normalized spacial score (nSPS) is 20.7. The first-order chi connectivity index (χ1) is 12.9. The van der Waals surface area contributed by atoms with Crippen LogP contribution in [0.2, 0.25) is 0 Å². The fraction of sp³-hybridized carbons (Fsp3) is 0.500. The Morgan fingerprint density at radius 3 is 2.93 bits per heavy atom. The molecule has 0 bridgehead atoms. The number of nitrogens with one attached hydrogen (secondary N) is 2. The fourth-order valence-corrected chi connectivity index (χ4v) is 3.88. The van der Waals surface area contributed by atoms with Crippen LogP contribution in [-0.4, -0.2) is 55.8 Å². The molecular formula is C18H22F2N6O. The van der Waals surface area contributed by atoms with E-state index >= 15 is 0 Å². The molecule has 0 aromatic carbocycles. The van der Waals surface area contributed by atoms with Crippen molar-refractivity contribution in [2.24, 2.45) is 5.92 Å². The first kappa shape index (κ1) is 17.7. The monoisotopic (exact) mass is 376 g/mol. The van der Waals surface area contributed by atoms with Crippen molar-refractivity contribution < 1.29 is 13.6 Å². The molecular weight excluding hydrogens is 354 g/mol. The van der Waals surface area contributed by atoms with Gasteiger partial charge < -0.3 is 15.2 Å². The minimum Gasteiger partial charge on any atom is -0.345 e. The molecule has 1 saturated heterocycles. The Morgan fingerprint density at radius 2 is 2.19 bits per heavy atom. The third-order valence-corrected chi connectivity index (χ3v) is 5.25. The summed E-state index contributed by atoms with van der Waals surface area (Å²) in [6.07, 6.45) is 6.26. The smallest absolute Gasteiger partial charge is 0.317 e. The van der Waals surface area contributed by atoms with Gasteiger partial charge >= 0.3 is 6.03 Å². The number of urea groups is 1. The molecule has 0 aliphatic carbocycles. The number of hydrogen-bond acceptors (Lipinski definition) is 3. The molecule has 7 nitrogen and oxygen atoms in total. The molecule has 144 valence electrons. The van der Waals surface area contributed by atoms with Crippen LogP contribution >= 0.6 is 0 Å². The third-order valence-electron chi connectivity index (χ3n) is 5.25. The minimum absolute atomic E-state index is 0.0818. The largest absolute Gasteiger partial charge is 0.345 e. The molecule has 2 N–H and O–H groups in total. The lowest BCUT2D eigenvalue weighted by atomic mass is 9.91. The van der Waals surface area contributed by atoms with E-state index in [-0.39, 0.29) is 11.8 Å². The average molecular weight is 376 g/mol. The summed E-state index contributed by atoms with van der Waals surface area (Å²) in [7, 11) is 0. The van der Waals surface area contributed by atoms with Gasteiger partial charge in [0.05, 0.1) is 18.3 Å². The van der Waals surface area contributed by atoms with Crippen LogP contribution in [0.3, 0.4) is 0 Å². The summed E-state index contributed by atoms with van der Waals surface area (Å²) >= 11 is 0. The van der Waals surface area contributed by atoms with Crippen LogP contribution in [-0.2, 0) is 0 Å². The Bertz CT molecular complexity index is 975. The number of H-pyrrole nitrogens is 1. The van der Waals surface area contributed by atoms with Gasteiger partial charge in [-0.3, -0.25) is 4.40 Å². The second-order valence-electron chi connectivity index (χ2n) is 7.26. The third kappa shape index (κ3) is 3.22. The standard InChI is InChI=1S/C18H22F2N6O/c1-3-11-8-25(17(27)24-10-18(2,19)20)9-12(11)14-6-22-15-7-23-16-13(26(14)15)4-5-21-16/h4-7,11-12,21H,3,8-10H2,1-2H3,(H,24,27). The molecule has 3 aromatic heterocycles. The number of carbonyl (C=O) groups excluding carboxylic acids is 1. The summed E-state index contributed by atoms with van der Waals surface area (Å²) in [6.45, 7) is 3.23. The molecule has 2 unspecified atom stereocenters. The zero-order valence-electron chi connectivity index (χ0n) is 15.2. The number of aromatic nitrogens is 4. The Labute approximate surface area is 154 Å². The minimum atomic E-state index is -2.92. The van der Waals surface area contributed by atoms with Crippen LogP contribution in [0.4, 0.5) is 13.6 Å². The van der Waals surface area contributed by atoms with E-state index in [2.05, 4.69) is 31.6 Å². The van der Waals surface area contributed by atoms with Crippen molar-refractivity contribution in [3.8, 4) is 0 Å². The summed E-state index contributed by atoms with van der Waals surface area (Å²) in [5.74, 6) is -2.61. The summed E-state index contributed by atoms with van der Waals surface area (Å²) in [5, 5.41) is 2.34. The van der Waals surface area contributed by atoms with Gasteiger partial charge in [0.2, 0.25) is 0 Å². The lowest BCUT2D eigenvalue weighted by Gasteiger charge is -2.19. The maximum atomic E-state index is 13.1. The maximum absolute atomic E-state index is 13.1. The first-order valence-corrected chi connectivity index (χ1v) is 9.07. The van der Waals surface area contributed by atoms with Crippen molar-refractivity contribution in [1.29, 1.82) is 0 Å². The van der Waals surface area contributed by atoms with Crippen LogP contribution in [0.15, 0.2) is 24.7 Å². The van der Waals surface area contributed by atoms with Gasteiger partial charge in [-0.15, -0.1) is 0 Å². The lowest BCUT2D eigenvalue weighted by molar-refractivity contribution is 0.0241. The molecule has 0 radical (unpaired) electrons. The van der Waals surface area contributed by atoms with Crippen molar-refractivity contribution in [3.05, 3.63) is 30.4 Å². The Kier molecular flexibility index (Phi) is 4.24. The van der Waals surface area contributed by atoms with Gasteiger partial charge in [0.25, 0.3) is 5.92 Å². The Balaban J connectivity index is 1.63. The van der Waals surface area contributed by atoms with E-state index < -0.39 is 18.5 Å². The lowest BCUT2D eigenvalue weighted by Crippen LogP contribution is -2.43. The molecule has 0 spiro atoms. The fourth-order valence-electron chi connectivity index (χ4n) is 3.88. The molecule has 0 saturated carbocycles. The van der Waals surface area contributed by atoms with E-state index in [0.29, 0.717) is 13.1 Å². The van der Waals surface area contributed by atoms with Gasteiger partial charge in [0, 0.05) is 44.0 Å². The molecule has 1 fully saturated rings. The summed E-state index contributed by atoms with van der Waals surface area (Å²) in [5.41, 5.74) is 3.47. The van der Waals surface area contributed by atoms with Gasteiger partial charge in [-0.1, -0.05) is 13.3 Å². The number of carbonyl (C=O) groups is 1. The molecule has 9 heteroatoms. The van der Waals surface area contributed by atoms with Crippen molar-refractivity contribution in [1.82, 2.24) is 29.6 Å². The average Bonchev–Trinajstić information content (AvgIpc) is 3.33. The molecule has 3 aromatic rings. The number of amides is 2. The van der Waals surface area contributed by atoms with Crippen molar-refractivity contribution in [2.45, 2.75) is 32.1 Å². The van der Waals surface area contributed by atoms with Crippen LogP contribution in [0.5, 0.6) is 0 Å². The Hall–Kier alpha value is -2.71. The van der Waals surface area contributed by atoms with E-state index in [4.69, 9.17) is 0 Å². The zero-order valence-corrected chi connectivity index (χ0v) is 15.2. The Morgan fingerprint density at radius 1 is 1.37 bits per heavy atom. The maximum Gasteiger partial charge on any atom is 0.317 e. The SMILES string of the molecule is CCC1CN(C(=O)NCC(C)(F)F)CC1c1cnc2cnc3[nH]ccc3n12. The van der Waals surface area contributed by atoms with Crippen molar-refractivity contribution in [3.63, 3.8) is 0 Å². The van der Waals surface area contributed by atoms with Crippen molar-refractivity contribution in [2.75, 3.05) is 19.6 Å². The van der Waals surface area contributed by atoms with E-state index in [9.17, 15) is 13.6 Å². The molecule has 1 aliphatic rings. The summed E-state index contributed by atoms with van der Waals surface area (Å²) < 4.78 is 28.2. The predicted octanol–water partition coefficient (Wildman–Crippen LogP) is 3.00. The predicted molar refractivity (Wildman–Crippen MR) is 97.0 cm³/mol. The molecule has 4 heterocycles. The highest BCUT2D eigenvalue weighted by Gasteiger charge is 2.37. The van der Waals surface area contributed by atoms with E-state index in [1.807, 2.05) is 18.5 Å². The van der Waals surface area contributed by atoms with Gasteiger partial charge in [0.15, 0.2) is 11.3 Å². The second kappa shape index (κ2) is 6.47. The van der Waals surface area contributed by atoms with Gasteiger partial charge in [0.1, 0.15) is 0 Å². The van der Waals surface area contributed by atoms with Crippen LogP contribution in [0.25, 0.3) is 16.8 Å². The van der Waals surface area contributed by atoms with E-state index in [1.165, 1.54) is 0 Å². The number of fused-ring (bicyclic) bond motifs is 3. The number of aromatic amines is 1. The number of nitrogens with zero attached hydrogens (tertiary/aromatic N) is 4. The number of halogens is 2. The number of likely N-dealkylation sites (tertiary alicyclic amines) is 1. The number of alkyl halides is 2. The quantitative estimate of drug-likeness (QED) is 0.735. The van der Waals surface area contributed by atoms with E-state index in [1.54, 1.807) is 11.1 Å². The van der Waals surface area contributed by atoms with E-state index in [0.717, 1.165) is 35.8 Å². The van der Waals surface area contributed by atoms with Gasteiger partial charge in [-0.2, -0.15) is 0 Å². The van der Waals surface area contributed by atoms with Crippen LogP contribution in [0, 0.1) is 5.92 Å². The van der Waals surface area contributed by atoms with Crippen LogP contribution < -0.4 is 5.32 Å². The molecule has 2 atom stereocenters. The van der Waals surface area contributed by atoms with Crippen LogP contribution in [0.1, 0.15) is 31.9 Å². The topological polar surface area (TPSA) is 78.3 Å². The highest BCUT2D eigenvalue weighted by atomic mass is 19.3. The molecule has 2 amide bonds. The second-order valence-corrected chi connectivity index (χ2v) is 7.26. The number of rotatable bonds is 4.